The molecule has 0 bridgehead atoms. The molecule has 16 heavy (non-hydrogen) atoms. The molecule has 1 aromatic rings. The van der Waals surface area contributed by atoms with Crippen LogP contribution in [-0.2, 0) is 9.53 Å². The molecule has 0 radical (unpaired) electrons. The fourth-order valence-corrected chi connectivity index (χ4v) is 1.17. The number of carbonyl (C=O) groups excluding carboxylic acids is 1. The quantitative estimate of drug-likeness (QED) is 0.741. The van der Waals surface area contributed by atoms with Gasteiger partial charge >= 0.3 is 5.97 Å². The van der Waals surface area contributed by atoms with E-state index in [4.69, 9.17) is 9.84 Å². The van der Waals surface area contributed by atoms with Gasteiger partial charge in [-0.05, 0) is 31.2 Å². The van der Waals surface area contributed by atoms with Gasteiger partial charge in [-0.2, -0.15) is 0 Å². The maximum absolute atomic E-state index is 12.6. The van der Waals surface area contributed by atoms with Crippen LogP contribution in [0, 0.1) is 5.82 Å². The second-order valence-electron chi connectivity index (χ2n) is 3.14. The van der Waals surface area contributed by atoms with E-state index < -0.39 is 12.0 Å². The molecule has 0 aromatic heterocycles. The molecule has 0 amide bonds. The Bertz CT molecular complexity index is 340. The lowest BCUT2D eigenvalue weighted by atomic mass is 10.2. The van der Waals surface area contributed by atoms with Gasteiger partial charge in [-0.3, -0.25) is 0 Å². The second kappa shape index (κ2) is 6.07. The van der Waals surface area contributed by atoms with E-state index in [1.165, 1.54) is 24.3 Å². The Morgan fingerprint density at radius 2 is 2.12 bits per heavy atom. The Kier molecular flexibility index (Phi) is 4.72. The van der Waals surface area contributed by atoms with Gasteiger partial charge < -0.3 is 15.2 Å². The molecule has 0 aliphatic carbocycles. The van der Waals surface area contributed by atoms with Crippen LogP contribution in [0.5, 0.6) is 0 Å². The van der Waals surface area contributed by atoms with E-state index in [-0.39, 0.29) is 19.0 Å². The monoisotopic (exact) mass is 227 g/mol. The Morgan fingerprint density at radius 3 is 2.62 bits per heavy atom. The molecule has 5 heteroatoms. The van der Waals surface area contributed by atoms with Crippen molar-refractivity contribution in [1.29, 1.82) is 0 Å². The summed E-state index contributed by atoms with van der Waals surface area (Å²) in [6.07, 6.45) is 0. The third-order valence-corrected chi connectivity index (χ3v) is 1.94. The van der Waals surface area contributed by atoms with Crippen molar-refractivity contribution in [1.82, 2.24) is 0 Å². The minimum atomic E-state index is -0.828. The van der Waals surface area contributed by atoms with Crippen LogP contribution in [0.3, 0.4) is 0 Å². The van der Waals surface area contributed by atoms with Crippen molar-refractivity contribution in [3.63, 3.8) is 0 Å². The van der Waals surface area contributed by atoms with Crippen molar-refractivity contribution in [3.05, 3.63) is 30.1 Å². The number of hydrogen-bond acceptors (Lipinski definition) is 4. The molecule has 1 aromatic carbocycles. The smallest absolute Gasteiger partial charge is 0.330 e. The zero-order chi connectivity index (χ0) is 12.0. The molecule has 0 aliphatic heterocycles. The molecule has 1 atom stereocenters. The molecule has 0 heterocycles. The molecule has 1 unspecified atom stereocenters. The maximum atomic E-state index is 12.6. The second-order valence-corrected chi connectivity index (χ2v) is 3.14. The number of aliphatic hydroxyl groups excluding tert-OH is 1. The summed E-state index contributed by atoms with van der Waals surface area (Å²) in [5.74, 6) is -0.892. The van der Waals surface area contributed by atoms with Gasteiger partial charge in [0.2, 0.25) is 0 Å². The van der Waals surface area contributed by atoms with E-state index in [2.05, 4.69) is 5.32 Å². The minimum Gasteiger partial charge on any atom is -0.464 e. The van der Waals surface area contributed by atoms with Crippen LogP contribution in [0.25, 0.3) is 0 Å². The van der Waals surface area contributed by atoms with E-state index in [1.54, 1.807) is 6.92 Å². The Labute approximate surface area is 93.0 Å². The van der Waals surface area contributed by atoms with Crippen LogP contribution in [0.4, 0.5) is 10.1 Å². The highest BCUT2D eigenvalue weighted by atomic mass is 19.1. The highest BCUT2D eigenvalue weighted by Gasteiger charge is 2.18. The van der Waals surface area contributed by atoms with Gasteiger partial charge in [0, 0.05) is 5.69 Å². The van der Waals surface area contributed by atoms with Gasteiger partial charge in [-0.25, -0.2) is 9.18 Å². The fourth-order valence-electron chi connectivity index (χ4n) is 1.17. The fraction of sp³-hybridized carbons (Fsp3) is 0.364. The SMILES string of the molecule is CCOC(=O)C(CO)Nc1ccc(F)cc1. The number of nitrogens with one attached hydrogen (secondary N) is 1. The third kappa shape index (κ3) is 3.51. The zero-order valence-electron chi connectivity index (χ0n) is 8.94. The zero-order valence-corrected chi connectivity index (χ0v) is 8.94. The number of carbonyl (C=O) groups is 1. The predicted octanol–water partition coefficient (Wildman–Crippen LogP) is 1.16. The van der Waals surface area contributed by atoms with E-state index in [1.807, 2.05) is 0 Å². The van der Waals surface area contributed by atoms with Crippen LogP contribution in [-0.4, -0.2) is 30.3 Å². The molecule has 0 aliphatic rings. The Hall–Kier alpha value is -1.62. The lowest BCUT2D eigenvalue weighted by Crippen LogP contribution is -2.34. The van der Waals surface area contributed by atoms with Crippen LogP contribution >= 0.6 is 0 Å². The summed E-state index contributed by atoms with van der Waals surface area (Å²) in [6.45, 7) is 1.56. The number of aliphatic hydroxyl groups is 1. The number of hydrogen-bond donors (Lipinski definition) is 2. The van der Waals surface area contributed by atoms with Crippen LogP contribution in [0.1, 0.15) is 6.92 Å². The van der Waals surface area contributed by atoms with E-state index in [0.29, 0.717) is 5.69 Å². The van der Waals surface area contributed by atoms with Crippen molar-refractivity contribution in [3.8, 4) is 0 Å². The van der Waals surface area contributed by atoms with Gasteiger partial charge in [0.25, 0.3) is 0 Å². The van der Waals surface area contributed by atoms with Gasteiger partial charge in [0.15, 0.2) is 0 Å². The molecule has 0 fully saturated rings. The molecular formula is C11H14FNO3. The van der Waals surface area contributed by atoms with Crippen LogP contribution in [0.2, 0.25) is 0 Å². The van der Waals surface area contributed by atoms with Crippen molar-refractivity contribution < 1.29 is 19.0 Å². The minimum absolute atomic E-state index is 0.250. The van der Waals surface area contributed by atoms with E-state index >= 15 is 0 Å². The Morgan fingerprint density at radius 1 is 1.50 bits per heavy atom. The molecule has 88 valence electrons. The molecular weight excluding hydrogens is 213 g/mol. The normalized spacial score (nSPS) is 11.9. The van der Waals surface area contributed by atoms with Gasteiger partial charge in [-0.1, -0.05) is 0 Å². The summed E-state index contributed by atoms with van der Waals surface area (Å²) in [6, 6.07) is 4.67. The van der Waals surface area contributed by atoms with E-state index in [0.717, 1.165) is 0 Å². The highest BCUT2D eigenvalue weighted by molar-refractivity contribution is 5.79. The van der Waals surface area contributed by atoms with Crippen LogP contribution < -0.4 is 5.32 Å². The van der Waals surface area contributed by atoms with Crippen molar-refractivity contribution in [2.24, 2.45) is 0 Å². The third-order valence-electron chi connectivity index (χ3n) is 1.94. The lowest BCUT2D eigenvalue weighted by Gasteiger charge is -2.15. The molecule has 0 spiro atoms. The number of esters is 1. The van der Waals surface area contributed by atoms with Gasteiger partial charge in [-0.15, -0.1) is 0 Å². The number of rotatable bonds is 5. The van der Waals surface area contributed by atoms with E-state index in [9.17, 15) is 9.18 Å². The van der Waals surface area contributed by atoms with Crippen molar-refractivity contribution in [2.75, 3.05) is 18.5 Å². The summed E-state index contributed by atoms with van der Waals surface area (Å²) in [5.41, 5.74) is 0.550. The van der Waals surface area contributed by atoms with Crippen molar-refractivity contribution in [2.45, 2.75) is 13.0 Å². The first-order valence-corrected chi connectivity index (χ1v) is 4.97. The average molecular weight is 227 g/mol. The standard InChI is InChI=1S/C11H14FNO3/c1-2-16-11(15)10(7-14)13-9-5-3-8(12)4-6-9/h3-6,10,13-14H,2,7H2,1H3. The molecule has 0 saturated heterocycles. The Balaban J connectivity index is 2.62. The first-order chi connectivity index (χ1) is 7.67. The topological polar surface area (TPSA) is 58.6 Å². The summed E-state index contributed by atoms with van der Waals surface area (Å²) in [5, 5.41) is 11.8. The lowest BCUT2D eigenvalue weighted by molar-refractivity contribution is -0.144. The van der Waals surface area contributed by atoms with Gasteiger partial charge in [0.1, 0.15) is 11.9 Å². The number of anilines is 1. The van der Waals surface area contributed by atoms with Crippen LogP contribution in [0.15, 0.2) is 24.3 Å². The first kappa shape index (κ1) is 12.4. The number of benzene rings is 1. The average Bonchev–Trinajstić information content (AvgIpc) is 2.28. The molecule has 4 nitrogen and oxygen atoms in total. The maximum Gasteiger partial charge on any atom is 0.330 e. The molecule has 1 rings (SSSR count). The number of ether oxygens (including phenoxy) is 1. The largest absolute Gasteiger partial charge is 0.464 e. The number of halogens is 1. The summed E-state index contributed by atoms with van der Waals surface area (Å²) >= 11 is 0. The highest BCUT2D eigenvalue weighted by Crippen LogP contribution is 2.10. The molecule has 2 N–H and O–H groups in total. The van der Waals surface area contributed by atoms with Gasteiger partial charge in [0.05, 0.1) is 13.2 Å². The van der Waals surface area contributed by atoms with Crippen molar-refractivity contribution >= 4 is 11.7 Å². The summed E-state index contributed by atoms with van der Waals surface area (Å²) in [7, 11) is 0. The first-order valence-electron chi connectivity index (χ1n) is 4.97. The predicted molar refractivity (Wildman–Crippen MR) is 57.5 cm³/mol. The summed E-state index contributed by atoms with van der Waals surface area (Å²) in [4.78, 5) is 11.3. The molecule has 0 saturated carbocycles. The summed E-state index contributed by atoms with van der Waals surface area (Å²) < 4.78 is 17.4.